The van der Waals surface area contributed by atoms with E-state index in [0.717, 1.165) is 55.4 Å². The lowest BCUT2D eigenvalue weighted by Crippen LogP contribution is -2.33. The molecule has 0 saturated carbocycles. The number of fused-ring (bicyclic) bond motifs is 2. The molecule has 2 saturated heterocycles. The fourth-order valence-corrected chi connectivity index (χ4v) is 4.33. The molecule has 3 aliphatic rings. The zero-order chi connectivity index (χ0) is 16.8. The second-order valence-electron chi connectivity index (χ2n) is 7.08. The van der Waals surface area contributed by atoms with Crippen molar-refractivity contribution >= 4 is 11.9 Å². The van der Waals surface area contributed by atoms with Crippen LogP contribution in [0.2, 0.25) is 0 Å². The van der Waals surface area contributed by atoms with Gasteiger partial charge < -0.3 is 14.5 Å². The van der Waals surface area contributed by atoms with E-state index in [9.17, 15) is 4.79 Å². The van der Waals surface area contributed by atoms with Gasteiger partial charge in [0, 0.05) is 56.8 Å². The Bertz CT molecular complexity index is 796. The van der Waals surface area contributed by atoms with E-state index in [2.05, 4.69) is 20.9 Å². The summed E-state index contributed by atoms with van der Waals surface area (Å²) in [6.45, 7) is 4.12. The first-order valence-corrected chi connectivity index (χ1v) is 8.85. The third-order valence-corrected chi connectivity index (χ3v) is 5.55. The number of carbonyl (C=O) groups excluding carboxylic acids is 1. The van der Waals surface area contributed by atoms with E-state index in [4.69, 9.17) is 4.74 Å². The molecule has 6 heteroatoms. The molecule has 0 aliphatic carbocycles. The molecular formula is C19H20N4O2. The molecule has 1 aromatic heterocycles. The Labute approximate surface area is 146 Å². The van der Waals surface area contributed by atoms with Crippen LogP contribution in [-0.2, 0) is 6.42 Å². The van der Waals surface area contributed by atoms with Crippen molar-refractivity contribution in [3.05, 3.63) is 47.8 Å². The highest BCUT2D eigenvalue weighted by molar-refractivity contribution is 5.97. The summed E-state index contributed by atoms with van der Waals surface area (Å²) in [6, 6.07) is 7.74. The number of benzene rings is 1. The normalized spacial score (nSPS) is 24.2. The number of hydrogen-bond donors (Lipinski definition) is 0. The van der Waals surface area contributed by atoms with E-state index in [-0.39, 0.29) is 5.91 Å². The topological polar surface area (TPSA) is 58.6 Å². The maximum absolute atomic E-state index is 13.0. The summed E-state index contributed by atoms with van der Waals surface area (Å²) in [7, 11) is 0. The molecule has 0 unspecified atom stereocenters. The Kier molecular flexibility index (Phi) is 3.36. The summed E-state index contributed by atoms with van der Waals surface area (Å²) < 4.78 is 5.71. The van der Waals surface area contributed by atoms with Gasteiger partial charge in [-0.05, 0) is 17.7 Å². The van der Waals surface area contributed by atoms with Crippen LogP contribution < -0.4 is 9.64 Å². The van der Waals surface area contributed by atoms with Gasteiger partial charge in [0.25, 0.3) is 5.91 Å². The molecule has 2 fully saturated rings. The molecule has 1 amide bonds. The summed E-state index contributed by atoms with van der Waals surface area (Å²) in [6.07, 6.45) is 4.46. The number of hydrogen-bond acceptors (Lipinski definition) is 5. The van der Waals surface area contributed by atoms with Gasteiger partial charge in [0.05, 0.1) is 12.2 Å². The Morgan fingerprint density at radius 1 is 1.04 bits per heavy atom. The largest absolute Gasteiger partial charge is 0.492 e. The second-order valence-corrected chi connectivity index (χ2v) is 7.08. The monoisotopic (exact) mass is 336 g/mol. The summed E-state index contributed by atoms with van der Waals surface area (Å²) in [5, 5.41) is 0. The highest BCUT2D eigenvalue weighted by Gasteiger charge is 2.43. The van der Waals surface area contributed by atoms with E-state index >= 15 is 0 Å². The van der Waals surface area contributed by atoms with Crippen molar-refractivity contribution in [3.8, 4) is 5.75 Å². The molecule has 0 N–H and O–H groups in total. The fraction of sp³-hybridized carbons (Fsp3) is 0.421. The van der Waals surface area contributed by atoms with Crippen LogP contribution in [0.5, 0.6) is 5.75 Å². The van der Waals surface area contributed by atoms with E-state index in [1.165, 1.54) is 0 Å². The van der Waals surface area contributed by atoms with Crippen molar-refractivity contribution in [1.29, 1.82) is 0 Å². The number of para-hydroxylation sites is 1. The molecule has 25 heavy (non-hydrogen) atoms. The van der Waals surface area contributed by atoms with E-state index in [0.29, 0.717) is 18.4 Å². The number of ether oxygens (including phenoxy) is 1. The van der Waals surface area contributed by atoms with Crippen molar-refractivity contribution in [3.63, 3.8) is 0 Å². The van der Waals surface area contributed by atoms with Gasteiger partial charge in [-0.25, -0.2) is 9.97 Å². The van der Waals surface area contributed by atoms with Crippen LogP contribution in [0.15, 0.2) is 36.7 Å². The minimum Gasteiger partial charge on any atom is -0.492 e. The summed E-state index contributed by atoms with van der Waals surface area (Å²) >= 11 is 0. The SMILES string of the molecule is O=C(c1cccc2c1OCC2)N1C[C@@H]2CN(c3ncccn3)C[C@@H]2C1. The first-order valence-electron chi connectivity index (χ1n) is 8.85. The maximum atomic E-state index is 13.0. The molecule has 3 aliphatic heterocycles. The third-order valence-electron chi connectivity index (χ3n) is 5.55. The molecule has 4 heterocycles. The Balaban J connectivity index is 1.30. The molecule has 1 aromatic carbocycles. The van der Waals surface area contributed by atoms with Gasteiger partial charge in [-0.15, -0.1) is 0 Å². The average Bonchev–Trinajstić information content (AvgIpc) is 3.35. The predicted octanol–water partition coefficient (Wildman–Crippen LogP) is 1.62. The first kappa shape index (κ1) is 14.7. The summed E-state index contributed by atoms with van der Waals surface area (Å²) in [5.41, 5.74) is 1.87. The van der Waals surface area contributed by atoms with Gasteiger partial charge in [-0.2, -0.15) is 0 Å². The van der Waals surface area contributed by atoms with Crippen molar-refractivity contribution in [1.82, 2.24) is 14.9 Å². The van der Waals surface area contributed by atoms with Crippen molar-refractivity contribution in [2.24, 2.45) is 11.8 Å². The molecule has 0 radical (unpaired) electrons. The second kappa shape index (κ2) is 5.72. The number of rotatable bonds is 2. The van der Waals surface area contributed by atoms with E-state index in [1.54, 1.807) is 12.4 Å². The first-order chi connectivity index (χ1) is 12.3. The molecule has 0 bridgehead atoms. The number of nitrogens with zero attached hydrogens (tertiary/aromatic N) is 4. The molecule has 0 spiro atoms. The van der Waals surface area contributed by atoms with Crippen molar-refractivity contribution < 1.29 is 9.53 Å². The number of anilines is 1. The van der Waals surface area contributed by atoms with Crippen molar-refractivity contribution in [2.75, 3.05) is 37.7 Å². The van der Waals surface area contributed by atoms with Gasteiger partial charge >= 0.3 is 0 Å². The van der Waals surface area contributed by atoms with Crippen LogP contribution in [0, 0.1) is 11.8 Å². The Morgan fingerprint density at radius 2 is 1.80 bits per heavy atom. The number of amides is 1. The van der Waals surface area contributed by atoms with E-state index in [1.807, 2.05) is 23.1 Å². The van der Waals surface area contributed by atoms with Crippen LogP contribution in [0.4, 0.5) is 5.95 Å². The van der Waals surface area contributed by atoms with Crippen LogP contribution in [0.25, 0.3) is 0 Å². The van der Waals surface area contributed by atoms with Crippen LogP contribution in [0.1, 0.15) is 15.9 Å². The molecular weight excluding hydrogens is 316 g/mol. The maximum Gasteiger partial charge on any atom is 0.257 e. The average molecular weight is 336 g/mol. The zero-order valence-corrected chi connectivity index (χ0v) is 14.0. The number of carbonyl (C=O) groups is 1. The lowest BCUT2D eigenvalue weighted by molar-refractivity contribution is 0.0779. The van der Waals surface area contributed by atoms with Gasteiger partial charge in [0.2, 0.25) is 5.95 Å². The third kappa shape index (κ3) is 2.44. The van der Waals surface area contributed by atoms with Crippen LogP contribution in [-0.4, -0.2) is 53.6 Å². The van der Waals surface area contributed by atoms with Crippen molar-refractivity contribution in [2.45, 2.75) is 6.42 Å². The van der Waals surface area contributed by atoms with Crippen LogP contribution in [0.3, 0.4) is 0 Å². The molecule has 128 valence electrons. The molecule has 5 rings (SSSR count). The lowest BCUT2D eigenvalue weighted by atomic mass is 10.0. The summed E-state index contributed by atoms with van der Waals surface area (Å²) in [5.74, 6) is 2.68. The van der Waals surface area contributed by atoms with Gasteiger partial charge in [-0.3, -0.25) is 4.79 Å². The smallest absolute Gasteiger partial charge is 0.257 e. The minimum absolute atomic E-state index is 0.107. The lowest BCUT2D eigenvalue weighted by Gasteiger charge is -2.22. The zero-order valence-electron chi connectivity index (χ0n) is 14.0. The molecule has 2 atom stereocenters. The molecule has 6 nitrogen and oxygen atoms in total. The summed E-state index contributed by atoms with van der Waals surface area (Å²) in [4.78, 5) is 25.9. The fourth-order valence-electron chi connectivity index (χ4n) is 4.33. The predicted molar refractivity (Wildman–Crippen MR) is 92.8 cm³/mol. The van der Waals surface area contributed by atoms with Gasteiger partial charge in [-0.1, -0.05) is 12.1 Å². The van der Waals surface area contributed by atoms with Crippen LogP contribution >= 0.6 is 0 Å². The standard InChI is InChI=1S/C19H20N4O2/c24-18(16-4-1-3-13-5-8-25-17(13)16)22-9-14-11-23(12-15(14)10-22)19-20-6-2-7-21-19/h1-4,6-7,14-15H,5,8-12H2/t14-,15+. The molecule has 2 aromatic rings. The van der Waals surface area contributed by atoms with Gasteiger partial charge in [0.15, 0.2) is 0 Å². The van der Waals surface area contributed by atoms with Gasteiger partial charge in [0.1, 0.15) is 5.75 Å². The highest BCUT2D eigenvalue weighted by atomic mass is 16.5. The Morgan fingerprint density at radius 3 is 2.56 bits per heavy atom. The quantitative estimate of drug-likeness (QED) is 0.834. The Hall–Kier alpha value is -2.63. The minimum atomic E-state index is 0.107. The highest BCUT2D eigenvalue weighted by Crippen LogP contribution is 2.35. The number of aromatic nitrogens is 2. The number of likely N-dealkylation sites (tertiary alicyclic amines) is 1. The van der Waals surface area contributed by atoms with E-state index < -0.39 is 0 Å².